The Morgan fingerprint density at radius 1 is 1.23 bits per heavy atom. The quantitative estimate of drug-likeness (QED) is 0.912. The van der Waals surface area contributed by atoms with Crippen LogP contribution in [0.25, 0.3) is 0 Å². The molecule has 2 aromatic carbocycles. The highest BCUT2D eigenvalue weighted by molar-refractivity contribution is 6.31. The molecule has 2 amide bonds. The third kappa shape index (κ3) is 2.63. The van der Waals surface area contributed by atoms with Crippen molar-refractivity contribution in [1.82, 2.24) is 0 Å². The SMILES string of the molecule is NC(=O)CN1C(=O)C(c2ccccc2)Nc2cc(Cl)ccc21. The lowest BCUT2D eigenvalue weighted by Crippen LogP contribution is -2.46. The fourth-order valence-corrected chi connectivity index (χ4v) is 2.71. The Labute approximate surface area is 132 Å². The molecular formula is C16H14ClN3O2. The highest BCUT2D eigenvalue weighted by atomic mass is 35.5. The number of nitrogens with one attached hydrogen (secondary N) is 1. The van der Waals surface area contributed by atoms with Crippen LogP contribution in [0.3, 0.4) is 0 Å². The topological polar surface area (TPSA) is 75.4 Å². The van der Waals surface area contributed by atoms with Crippen LogP contribution in [-0.4, -0.2) is 18.4 Å². The summed E-state index contributed by atoms with van der Waals surface area (Å²) in [5, 5.41) is 3.73. The molecular weight excluding hydrogens is 302 g/mol. The van der Waals surface area contributed by atoms with Gasteiger partial charge in [0.25, 0.3) is 5.91 Å². The summed E-state index contributed by atoms with van der Waals surface area (Å²) in [6.45, 7) is -0.168. The van der Waals surface area contributed by atoms with Gasteiger partial charge in [-0.3, -0.25) is 14.5 Å². The van der Waals surface area contributed by atoms with Gasteiger partial charge >= 0.3 is 0 Å². The molecule has 1 aliphatic rings. The molecule has 3 rings (SSSR count). The molecule has 6 heteroatoms. The van der Waals surface area contributed by atoms with Crippen molar-refractivity contribution in [2.75, 3.05) is 16.8 Å². The Balaban J connectivity index is 2.06. The van der Waals surface area contributed by atoms with Gasteiger partial charge < -0.3 is 11.1 Å². The number of halogens is 1. The van der Waals surface area contributed by atoms with E-state index in [4.69, 9.17) is 17.3 Å². The number of fused-ring (bicyclic) bond motifs is 1. The summed E-state index contributed by atoms with van der Waals surface area (Å²) in [5.41, 5.74) is 7.38. The Kier molecular flexibility index (Phi) is 3.73. The minimum atomic E-state index is -0.577. The van der Waals surface area contributed by atoms with Crippen LogP contribution in [0, 0.1) is 0 Å². The molecule has 0 saturated heterocycles. The Hall–Kier alpha value is -2.53. The lowest BCUT2D eigenvalue weighted by atomic mass is 10.0. The summed E-state index contributed by atoms with van der Waals surface area (Å²) in [7, 11) is 0. The van der Waals surface area contributed by atoms with Crippen molar-refractivity contribution in [3.63, 3.8) is 0 Å². The zero-order valence-corrected chi connectivity index (χ0v) is 12.4. The van der Waals surface area contributed by atoms with Crippen LogP contribution in [0.1, 0.15) is 11.6 Å². The first-order valence-electron chi connectivity index (χ1n) is 6.77. The van der Waals surface area contributed by atoms with Gasteiger partial charge in [0.05, 0.1) is 11.4 Å². The lowest BCUT2D eigenvalue weighted by Gasteiger charge is -2.35. The van der Waals surface area contributed by atoms with Crippen molar-refractivity contribution in [2.24, 2.45) is 5.73 Å². The number of nitrogens with zero attached hydrogens (tertiary/aromatic N) is 1. The maximum Gasteiger partial charge on any atom is 0.254 e. The molecule has 1 heterocycles. The standard InChI is InChI=1S/C16H14ClN3O2/c17-11-6-7-13-12(8-11)19-15(10-4-2-1-3-5-10)16(22)20(13)9-14(18)21/h1-8,15,19H,9H2,(H2,18,21). The number of rotatable bonds is 3. The fourth-order valence-electron chi connectivity index (χ4n) is 2.54. The van der Waals surface area contributed by atoms with Gasteiger partial charge in [-0.1, -0.05) is 41.9 Å². The predicted molar refractivity (Wildman–Crippen MR) is 85.8 cm³/mol. The molecule has 0 fully saturated rings. The smallest absolute Gasteiger partial charge is 0.254 e. The summed E-state index contributed by atoms with van der Waals surface area (Å²) in [6.07, 6.45) is 0. The fraction of sp³-hybridized carbons (Fsp3) is 0.125. The van der Waals surface area contributed by atoms with E-state index in [0.29, 0.717) is 16.4 Å². The highest BCUT2D eigenvalue weighted by Crippen LogP contribution is 2.37. The molecule has 0 radical (unpaired) electrons. The molecule has 1 unspecified atom stereocenters. The van der Waals surface area contributed by atoms with Gasteiger partial charge in [0.2, 0.25) is 5.91 Å². The summed E-state index contributed by atoms with van der Waals surface area (Å²) in [6, 6.07) is 13.8. The number of amides is 2. The van der Waals surface area contributed by atoms with Crippen LogP contribution in [0.2, 0.25) is 5.02 Å². The molecule has 3 N–H and O–H groups in total. The average Bonchev–Trinajstić information content (AvgIpc) is 2.50. The molecule has 5 nitrogen and oxygen atoms in total. The van der Waals surface area contributed by atoms with E-state index in [1.165, 1.54) is 4.90 Å². The van der Waals surface area contributed by atoms with Crippen LogP contribution in [-0.2, 0) is 9.59 Å². The Bertz CT molecular complexity index is 733. The number of carbonyl (C=O) groups excluding carboxylic acids is 2. The molecule has 0 saturated carbocycles. The van der Waals surface area contributed by atoms with E-state index in [1.807, 2.05) is 30.3 Å². The lowest BCUT2D eigenvalue weighted by molar-refractivity contribution is -0.123. The minimum Gasteiger partial charge on any atom is -0.368 e. The van der Waals surface area contributed by atoms with E-state index in [9.17, 15) is 9.59 Å². The Morgan fingerprint density at radius 3 is 2.64 bits per heavy atom. The number of nitrogens with two attached hydrogens (primary N) is 1. The number of anilines is 2. The first kappa shape index (κ1) is 14.4. The second-order valence-electron chi connectivity index (χ2n) is 5.04. The monoisotopic (exact) mass is 315 g/mol. The van der Waals surface area contributed by atoms with Gasteiger partial charge in [-0.25, -0.2) is 0 Å². The van der Waals surface area contributed by atoms with Crippen molar-refractivity contribution < 1.29 is 9.59 Å². The minimum absolute atomic E-state index is 0.168. The molecule has 112 valence electrons. The summed E-state index contributed by atoms with van der Waals surface area (Å²) in [5.74, 6) is -0.789. The van der Waals surface area contributed by atoms with E-state index < -0.39 is 11.9 Å². The van der Waals surface area contributed by atoms with E-state index in [1.54, 1.807) is 18.2 Å². The number of hydrogen-bond acceptors (Lipinski definition) is 3. The maximum atomic E-state index is 12.7. The molecule has 1 atom stereocenters. The second kappa shape index (κ2) is 5.69. The van der Waals surface area contributed by atoms with Gasteiger partial charge in [-0.2, -0.15) is 0 Å². The molecule has 0 spiro atoms. The van der Waals surface area contributed by atoms with Crippen molar-refractivity contribution >= 4 is 34.8 Å². The van der Waals surface area contributed by atoms with Crippen LogP contribution >= 0.6 is 11.6 Å². The highest BCUT2D eigenvalue weighted by Gasteiger charge is 2.34. The van der Waals surface area contributed by atoms with Crippen LogP contribution < -0.4 is 16.0 Å². The zero-order chi connectivity index (χ0) is 15.7. The van der Waals surface area contributed by atoms with Crippen molar-refractivity contribution in [3.05, 3.63) is 59.1 Å². The van der Waals surface area contributed by atoms with E-state index in [2.05, 4.69) is 5.32 Å². The van der Waals surface area contributed by atoms with E-state index in [0.717, 1.165) is 5.56 Å². The van der Waals surface area contributed by atoms with E-state index in [-0.39, 0.29) is 12.5 Å². The summed E-state index contributed by atoms with van der Waals surface area (Å²) in [4.78, 5) is 25.4. The molecule has 0 bridgehead atoms. The van der Waals surface area contributed by atoms with Gasteiger partial charge in [0.1, 0.15) is 12.6 Å². The van der Waals surface area contributed by atoms with Crippen molar-refractivity contribution in [2.45, 2.75) is 6.04 Å². The molecule has 1 aliphatic heterocycles. The number of primary amides is 1. The van der Waals surface area contributed by atoms with Gasteiger partial charge in [0.15, 0.2) is 0 Å². The van der Waals surface area contributed by atoms with Gasteiger partial charge in [-0.15, -0.1) is 0 Å². The third-order valence-electron chi connectivity index (χ3n) is 3.51. The third-order valence-corrected chi connectivity index (χ3v) is 3.74. The van der Waals surface area contributed by atoms with Crippen molar-refractivity contribution in [3.8, 4) is 0 Å². The van der Waals surface area contributed by atoms with Crippen LogP contribution in [0.4, 0.5) is 11.4 Å². The van der Waals surface area contributed by atoms with Gasteiger partial charge in [0, 0.05) is 5.02 Å². The molecule has 0 aliphatic carbocycles. The van der Waals surface area contributed by atoms with Crippen LogP contribution in [0.5, 0.6) is 0 Å². The predicted octanol–water partition coefficient (Wildman–Crippen LogP) is 2.33. The van der Waals surface area contributed by atoms with E-state index >= 15 is 0 Å². The normalized spacial score (nSPS) is 16.9. The Morgan fingerprint density at radius 2 is 1.95 bits per heavy atom. The molecule has 22 heavy (non-hydrogen) atoms. The molecule has 2 aromatic rings. The molecule has 0 aromatic heterocycles. The maximum absolute atomic E-state index is 12.7. The first-order chi connectivity index (χ1) is 10.6. The summed E-state index contributed by atoms with van der Waals surface area (Å²) >= 11 is 6.03. The number of carbonyl (C=O) groups is 2. The summed E-state index contributed by atoms with van der Waals surface area (Å²) < 4.78 is 0. The zero-order valence-electron chi connectivity index (χ0n) is 11.6. The largest absolute Gasteiger partial charge is 0.368 e. The van der Waals surface area contributed by atoms with Gasteiger partial charge in [-0.05, 0) is 23.8 Å². The number of benzene rings is 2. The second-order valence-corrected chi connectivity index (χ2v) is 5.48. The number of hydrogen-bond donors (Lipinski definition) is 2. The first-order valence-corrected chi connectivity index (χ1v) is 7.15. The van der Waals surface area contributed by atoms with Crippen LogP contribution in [0.15, 0.2) is 48.5 Å². The van der Waals surface area contributed by atoms with Crippen molar-refractivity contribution in [1.29, 1.82) is 0 Å². The average molecular weight is 316 g/mol.